The molecule has 122 valence electrons. The van der Waals surface area contributed by atoms with Gasteiger partial charge in [-0.15, -0.1) is 0 Å². The smallest absolute Gasteiger partial charge is 0.269 e. The Morgan fingerprint density at radius 1 is 1.04 bits per heavy atom. The van der Waals surface area contributed by atoms with Crippen molar-refractivity contribution in [2.24, 2.45) is 0 Å². The molecule has 0 saturated carbocycles. The van der Waals surface area contributed by atoms with Gasteiger partial charge in [0.05, 0.1) is 0 Å². The van der Waals surface area contributed by atoms with Crippen molar-refractivity contribution in [3.8, 4) is 11.1 Å². The van der Waals surface area contributed by atoms with E-state index in [4.69, 9.17) is 11.6 Å². The quantitative estimate of drug-likeness (QED) is 0.643. The van der Waals surface area contributed by atoms with Crippen LogP contribution < -0.4 is 5.56 Å². The molecule has 1 heterocycles. The number of nitrogens with zero attached hydrogens (tertiary/aromatic N) is 1. The maximum absolute atomic E-state index is 13.3. The first kappa shape index (κ1) is 16.4. The number of carbonyl (C=O) groups is 1. The highest BCUT2D eigenvalue weighted by Crippen LogP contribution is 2.32. The van der Waals surface area contributed by atoms with E-state index in [0.29, 0.717) is 21.9 Å². The van der Waals surface area contributed by atoms with E-state index in [1.165, 1.54) is 16.7 Å². The van der Waals surface area contributed by atoms with Gasteiger partial charge >= 0.3 is 0 Å². The lowest BCUT2D eigenvalue weighted by Crippen LogP contribution is -2.27. The molecular formula is C19H15ClFNO2. The molecule has 0 radical (unpaired) electrons. The van der Waals surface area contributed by atoms with Gasteiger partial charge in [0, 0.05) is 17.0 Å². The molecule has 0 unspecified atom stereocenters. The van der Waals surface area contributed by atoms with E-state index in [-0.39, 0.29) is 23.1 Å². The first-order valence-electron chi connectivity index (χ1n) is 7.55. The number of hydrogen-bond acceptors (Lipinski definition) is 2. The summed E-state index contributed by atoms with van der Waals surface area (Å²) in [6.07, 6.45) is 0. The monoisotopic (exact) mass is 343 g/mol. The fourth-order valence-electron chi connectivity index (χ4n) is 2.96. The summed E-state index contributed by atoms with van der Waals surface area (Å²) in [5.74, 6) is -0.376. The van der Waals surface area contributed by atoms with Gasteiger partial charge in [0.1, 0.15) is 11.5 Å². The summed E-state index contributed by atoms with van der Waals surface area (Å²) in [6.45, 7) is 3.63. The van der Waals surface area contributed by atoms with Crippen LogP contribution in [0, 0.1) is 5.82 Å². The minimum Gasteiger partial charge on any atom is -0.301 e. The maximum atomic E-state index is 13.3. The van der Waals surface area contributed by atoms with E-state index in [9.17, 15) is 14.0 Å². The molecule has 0 bridgehead atoms. The number of hydrogen-bond donors (Lipinski definition) is 0. The Balaban J connectivity index is 2.56. The third-order valence-electron chi connectivity index (χ3n) is 3.96. The van der Waals surface area contributed by atoms with Crippen molar-refractivity contribution in [3.05, 3.63) is 70.4 Å². The van der Waals surface area contributed by atoms with E-state index in [1.807, 2.05) is 13.8 Å². The van der Waals surface area contributed by atoms with Crippen molar-refractivity contribution >= 4 is 27.6 Å². The van der Waals surface area contributed by atoms with Crippen molar-refractivity contribution in [1.29, 1.82) is 0 Å². The molecule has 3 nitrogen and oxygen atoms in total. The van der Waals surface area contributed by atoms with Gasteiger partial charge in [0.15, 0.2) is 0 Å². The largest absolute Gasteiger partial charge is 0.301 e. The first-order valence-corrected chi connectivity index (χ1v) is 7.92. The molecule has 3 rings (SSSR count). The van der Waals surface area contributed by atoms with Gasteiger partial charge in [-0.2, -0.15) is 0 Å². The minimum atomic E-state index is -0.717. The summed E-state index contributed by atoms with van der Waals surface area (Å²) in [6, 6.07) is 12.6. The minimum absolute atomic E-state index is 0.127. The molecular weight excluding hydrogens is 329 g/mol. The number of fused-ring (bicyclic) bond motifs is 1. The highest BCUT2D eigenvalue weighted by molar-refractivity contribution is 6.68. The molecule has 0 fully saturated rings. The van der Waals surface area contributed by atoms with E-state index >= 15 is 0 Å². The predicted molar refractivity (Wildman–Crippen MR) is 94.2 cm³/mol. The van der Waals surface area contributed by atoms with Crippen molar-refractivity contribution < 1.29 is 9.18 Å². The third kappa shape index (κ3) is 2.63. The zero-order valence-electron chi connectivity index (χ0n) is 13.2. The zero-order valence-corrected chi connectivity index (χ0v) is 14.0. The Bertz CT molecular complexity index is 991. The van der Waals surface area contributed by atoms with Crippen LogP contribution in [0.25, 0.3) is 21.9 Å². The molecule has 0 spiro atoms. The molecule has 0 atom stereocenters. The fourth-order valence-corrected chi connectivity index (χ4v) is 3.15. The SMILES string of the molecule is CC(C)n1c(C(=O)Cl)c(-c2ccc(F)cc2)c2ccccc2c1=O. The summed E-state index contributed by atoms with van der Waals surface area (Å²) in [5.41, 5.74) is 1.03. The highest BCUT2D eigenvalue weighted by atomic mass is 35.5. The Kier molecular flexibility index (Phi) is 4.24. The van der Waals surface area contributed by atoms with Crippen LogP contribution in [0.5, 0.6) is 0 Å². The Hall–Kier alpha value is -2.46. The van der Waals surface area contributed by atoms with Gasteiger partial charge < -0.3 is 4.57 Å². The second-order valence-corrected chi connectivity index (χ2v) is 6.16. The lowest BCUT2D eigenvalue weighted by molar-refractivity contribution is 0.107. The van der Waals surface area contributed by atoms with Crippen molar-refractivity contribution in [2.75, 3.05) is 0 Å². The van der Waals surface area contributed by atoms with Crippen LogP contribution in [0.15, 0.2) is 53.3 Å². The summed E-state index contributed by atoms with van der Waals surface area (Å²) >= 11 is 5.84. The molecule has 5 heteroatoms. The van der Waals surface area contributed by atoms with E-state index in [2.05, 4.69) is 0 Å². The Morgan fingerprint density at radius 2 is 1.62 bits per heavy atom. The highest BCUT2D eigenvalue weighted by Gasteiger charge is 2.23. The summed E-state index contributed by atoms with van der Waals surface area (Å²) in [5, 5.41) is 0.396. The van der Waals surface area contributed by atoms with Crippen LogP contribution >= 0.6 is 11.6 Å². The predicted octanol–water partition coefficient (Wildman–Crippen LogP) is 4.77. The van der Waals surface area contributed by atoms with Crippen molar-refractivity contribution in [3.63, 3.8) is 0 Å². The van der Waals surface area contributed by atoms with Crippen molar-refractivity contribution in [1.82, 2.24) is 4.57 Å². The number of aromatic nitrogens is 1. The molecule has 3 aromatic rings. The van der Waals surface area contributed by atoms with Gasteiger partial charge in [0.25, 0.3) is 10.8 Å². The van der Waals surface area contributed by atoms with E-state index < -0.39 is 5.24 Å². The van der Waals surface area contributed by atoms with Crippen LogP contribution in [-0.4, -0.2) is 9.81 Å². The molecule has 0 N–H and O–H groups in total. The molecule has 0 amide bonds. The number of halogens is 2. The van der Waals surface area contributed by atoms with E-state index in [1.54, 1.807) is 36.4 Å². The molecule has 0 saturated heterocycles. The average Bonchev–Trinajstić information content (AvgIpc) is 2.55. The van der Waals surface area contributed by atoms with Crippen LogP contribution in [0.1, 0.15) is 30.4 Å². The molecule has 0 aliphatic rings. The molecule has 2 aromatic carbocycles. The molecule has 0 aliphatic carbocycles. The Morgan fingerprint density at radius 3 is 2.17 bits per heavy atom. The Labute approximate surface area is 143 Å². The summed E-state index contributed by atoms with van der Waals surface area (Å²) in [4.78, 5) is 25.0. The molecule has 24 heavy (non-hydrogen) atoms. The third-order valence-corrected chi connectivity index (χ3v) is 4.14. The number of pyridine rings is 1. The second kappa shape index (κ2) is 6.21. The zero-order chi connectivity index (χ0) is 17.4. The van der Waals surface area contributed by atoms with Crippen LogP contribution in [0.4, 0.5) is 4.39 Å². The average molecular weight is 344 g/mol. The molecule has 1 aromatic heterocycles. The normalized spacial score (nSPS) is 11.2. The number of benzene rings is 2. The first-order chi connectivity index (χ1) is 11.4. The van der Waals surface area contributed by atoms with Crippen molar-refractivity contribution in [2.45, 2.75) is 19.9 Å². The number of carbonyl (C=O) groups excluding carboxylic acids is 1. The standard InChI is InChI=1S/C19H15ClFNO2/c1-11(2)22-17(18(20)23)16(12-7-9-13(21)10-8-12)14-5-3-4-6-15(14)19(22)24/h3-11H,1-2H3. The van der Waals surface area contributed by atoms with Gasteiger partial charge in [-0.25, -0.2) is 4.39 Å². The second-order valence-electron chi connectivity index (χ2n) is 5.82. The lowest BCUT2D eigenvalue weighted by atomic mass is 9.96. The van der Waals surface area contributed by atoms with Gasteiger partial charge in [-0.05, 0) is 54.6 Å². The van der Waals surface area contributed by atoms with E-state index in [0.717, 1.165) is 0 Å². The van der Waals surface area contributed by atoms with Crippen LogP contribution in [0.3, 0.4) is 0 Å². The molecule has 0 aliphatic heterocycles. The maximum Gasteiger partial charge on any atom is 0.269 e. The topological polar surface area (TPSA) is 39.1 Å². The summed E-state index contributed by atoms with van der Waals surface area (Å²) in [7, 11) is 0. The van der Waals surface area contributed by atoms with Gasteiger partial charge in [-0.1, -0.05) is 30.3 Å². The van der Waals surface area contributed by atoms with Gasteiger partial charge in [-0.3, -0.25) is 9.59 Å². The number of rotatable bonds is 3. The lowest BCUT2D eigenvalue weighted by Gasteiger charge is -2.20. The van der Waals surface area contributed by atoms with Crippen LogP contribution in [-0.2, 0) is 0 Å². The van der Waals surface area contributed by atoms with Gasteiger partial charge in [0.2, 0.25) is 0 Å². The fraction of sp³-hybridized carbons (Fsp3) is 0.158. The van der Waals surface area contributed by atoms with Crippen LogP contribution in [0.2, 0.25) is 0 Å². The summed E-state index contributed by atoms with van der Waals surface area (Å²) < 4.78 is 14.7.